The second kappa shape index (κ2) is 8.76. The Hall–Kier alpha value is -2.97. The Bertz CT molecular complexity index is 1460. The Morgan fingerprint density at radius 2 is 1.82 bits per heavy atom. The molecule has 0 aliphatic carbocycles. The van der Waals surface area contributed by atoms with Crippen LogP contribution in [0.15, 0.2) is 53.3 Å². The molecule has 7 nitrogen and oxygen atoms in total. The van der Waals surface area contributed by atoms with Crippen LogP contribution in [0.3, 0.4) is 0 Å². The molecule has 33 heavy (non-hydrogen) atoms. The molecule has 5 rings (SSSR count). The summed E-state index contributed by atoms with van der Waals surface area (Å²) in [6.45, 7) is 2.66. The molecule has 0 atom stereocenters. The molecule has 3 heterocycles. The van der Waals surface area contributed by atoms with Crippen LogP contribution in [0.1, 0.15) is 24.8 Å². The first-order chi connectivity index (χ1) is 15.9. The highest BCUT2D eigenvalue weighted by atomic mass is 32.2. The van der Waals surface area contributed by atoms with Gasteiger partial charge >= 0.3 is 0 Å². The fraction of sp³-hybridized carbons (Fsp3) is 0.360. The van der Waals surface area contributed by atoms with E-state index in [2.05, 4.69) is 32.0 Å². The van der Waals surface area contributed by atoms with Gasteiger partial charge in [0, 0.05) is 11.8 Å². The van der Waals surface area contributed by atoms with Crippen molar-refractivity contribution >= 4 is 31.8 Å². The number of piperidine rings is 1. The number of para-hydroxylation sites is 1. The lowest BCUT2D eigenvalue weighted by molar-refractivity contribution is 0.228. The van der Waals surface area contributed by atoms with Crippen molar-refractivity contribution in [3.63, 3.8) is 0 Å². The molecule has 1 aliphatic heterocycles. The minimum Gasteiger partial charge on any atom is -0.338 e. The van der Waals surface area contributed by atoms with Gasteiger partial charge in [0.1, 0.15) is 15.7 Å². The smallest absolute Gasteiger partial charge is 0.259 e. The molecule has 172 valence electrons. The Kier molecular flexibility index (Phi) is 5.80. The summed E-state index contributed by atoms with van der Waals surface area (Å²) in [5.41, 5.74) is 4.16. The van der Waals surface area contributed by atoms with Crippen molar-refractivity contribution in [2.45, 2.75) is 30.9 Å². The summed E-state index contributed by atoms with van der Waals surface area (Å²) in [5, 5.41) is 0.786. The number of benzene rings is 2. The standard InChI is InChI=1S/C25H28N4O3S/c1-33(31,32)19-10-13-29(14-11-19)12-4-5-17-8-9-22-23(15-17)27-24(26-22)20-16-18-6-2-3-7-21(18)28-25(20)30/h2-3,6-9,15-16,19H,4-5,10-14H2,1H3,(H,26,27)(H,28,30). The molecule has 0 spiro atoms. The third-order valence-electron chi connectivity index (χ3n) is 6.63. The number of imidazole rings is 1. The largest absolute Gasteiger partial charge is 0.338 e. The van der Waals surface area contributed by atoms with Crippen LogP contribution in [0, 0.1) is 0 Å². The van der Waals surface area contributed by atoms with Gasteiger partial charge in [0.15, 0.2) is 0 Å². The third-order valence-corrected chi connectivity index (χ3v) is 8.32. The van der Waals surface area contributed by atoms with Gasteiger partial charge in [0.2, 0.25) is 0 Å². The monoisotopic (exact) mass is 464 g/mol. The summed E-state index contributed by atoms with van der Waals surface area (Å²) in [6.07, 6.45) is 4.76. The summed E-state index contributed by atoms with van der Waals surface area (Å²) in [4.78, 5) is 25.8. The van der Waals surface area contributed by atoms with Crippen LogP contribution in [-0.2, 0) is 16.3 Å². The lowest BCUT2D eigenvalue weighted by Gasteiger charge is -2.30. The fourth-order valence-corrected chi connectivity index (χ4v) is 5.80. The van der Waals surface area contributed by atoms with Crippen molar-refractivity contribution in [2.75, 3.05) is 25.9 Å². The van der Waals surface area contributed by atoms with Gasteiger partial charge in [-0.2, -0.15) is 0 Å². The second-order valence-corrected chi connectivity index (χ2v) is 11.3. The van der Waals surface area contributed by atoms with E-state index in [0.717, 1.165) is 67.3 Å². The number of likely N-dealkylation sites (tertiary alicyclic amines) is 1. The molecule has 1 saturated heterocycles. The summed E-state index contributed by atoms with van der Waals surface area (Å²) in [7, 11) is -2.92. The minimum absolute atomic E-state index is 0.160. The van der Waals surface area contributed by atoms with E-state index in [4.69, 9.17) is 0 Å². The molecule has 8 heteroatoms. The fourth-order valence-electron chi connectivity index (χ4n) is 4.73. The van der Waals surface area contributed by atoms with Gasteiger partial charge in [0.25, 0.3) is 5.56 Å². The van der Waals surface area contributed by atoms with Crippen LogP contribution >= 0.6 is 0 Å². The van der Waals surface area contributed by atoms with E-state index in [0.29, 0.717) is 11.4 Å². The van der Waals surface area contributed by atoms with E-state index in [1.54, 1.807) is 0 Å². The normalized spacial score (nSPS) is 16.0. The summed E-state index contributed by atoms with van der Waals surface area (Å²) in [6, 6.07) is 15.8. The van der Waals surface area contributed by atoms with Crippen LogP contribution < -0.4 is 5.56 Å². The van der Waals surface area contributed by atoms with E-state index in [9.17, 15) is 13.2 Å². The maximum atomic E-state index is 12.6. The van der Waals surface area contributed by atoms with E-state index >= 15 is 0 Å². The Balaban J connectivity index is 1.26. The number of nitrogens with one attached hydrogen (secondary N) is 2. The molecule has 4 aromatic rings. The number of hydrogen-bond acceptors (Lipinski definition) is 5. The highest BCUT2D eigenvalue weighted by molar-refractivity contribution is 7.91. The first kappa shape index (κ1) is 21.9. The molecule has 0 saturated carbocycles. The van der Waals surface area contributed by atoms with E-state index < -0.39 is 9.84 Å². The van der Waals surface area contributed by atoms with Gasteiger partial charge in [-0.1, -0.05) is 24.3 Å². The predicted octanol–water partition coefficient (Wildman–Crippen LogP) is 3.51. The lowest BCUT2D eigenvalue weighted by Crippen LogP contribution is -2.39. The van der Waals surface area contributed by atoms with E-state index in [1.165, 1.54) is 11.8 Å². The van der Waals surface area contributed by atoms with Gasteiger partial charge in [-0.25, -0.2) is 13.4 Å². The number of rotatable bonds is 6. The summed E-state index contributed by atoms with van der Waals surface area (Å²) >= 11 is 0. The summed E-state index contributed by atoms with van der Waals surface area (Å²) in [5.74, 6) is 0.572. The minimum atomic E-state index is -2.92. The van der Waals surface area contributed by atoms with Gasteiger partial charge < -0.3 is 14.9 Å². The van der Waals surface area contributed by atoms with Crippen LogP contribution in [0.5, 0.6) is 0 Å². The Morgan fingerprint density at radius 3 is 2.61 bits per heavy atom. The first-order valence-electron chi connectivity index (χ1n) is 11.4. The van der Waals surface area contributed by atoms with Crippen molar-refractivity contribution in [2.24, 2.45) is 0 Å². The number of sulfone groups is 1. The number of aromatic nitrogens is 3. The molecule has 0 radical (unpaired) electrons. The van der Waals surface area contributed by atoms with Gasteiger partial charge in [0.05, 0.1) is 21.8 Å². The number of H-pyrrole nitrogens is 2. The molecule has 0 unspecified atom stereocenters. The molecule has 1 fully saturated rings. The Labute approximate surface area is 192 Å². The van der Waals surface area contributed by atoms with Gasteiger partial charge in [-0.3, -0.25) is 4.79 Å². The topological polar surface area (TPSA) is 98.9 Å². The SMILES string of the molecule is CS(=O)(=O)C1CCN(CCCc2ccc3nc(-c4cc5ccccc5[nH]c4=O)[nH]c3c2)CC1. The van der Waals surface area contributed by atoms with Crippen molar-refractivity contribution in [1.82, 2.24) is 19.9 Å². The third kappa shape index (κ3) is 4.72. The molecular formula is C25H28N4O3S. The average Bonchev–Trinajstić information content (AvgIpc) is 3.21. The first-order valence-corrected chi connectivity index (χ1v) is 13.3. The maximum absolute atomic E-state index is 12.6. The number of aryl methyl sites for hydroxylation is 1. The highest BCUT2D eigenvalue weighted by Gasteiger charge is 2.26. The zero-order chi connectivity index (χ0) is 23.0. The Morgan fingerprint density at radius 1 is 1.03 bits per heavy atom. The molecule has 2 N–H and O–H groups in total. The highest BCUT2D eigenvalue weighted by Crippen LogP contribution is 2.22. The number of nitrogens with zero attached hydrogens (tertiary/aromatic N) is 2. The molecule has 2 aromatic carbocycles. The van der Waals surface area contributed by atoms with Crippen molar-refractivity contribution < 1.29 is 8.42 Å². The van der Waals surface area contributed by atoms with E-state index in [1.807, 2.05) is 36.4 Å². The lowest BCUT2D eigenvalue weighted by atomic mass is 10.1. The van der Waals surface area contributed by atoms with Crippen molar-refractivity contribution in [1.29, 1.82) is 0 Å². The maximum Gasteiger partial charge on any atom is 0.259 e. The quantitative estimate of drug-likeness (QED) is 0.455. The predicted molar refractivity (Wildman–Crippen MR) is 132 cm³/mol. The number of pyridine rings is 1. The van der Waals surface area contributed by atoms with Crippen LogP contribution in [0.25, 0.3) is 33.3 Å². The van der Waals surface area contributed by atoms with Crippen LogP contribution in [0.4, 0.5) is 0 Å². The molecule has 2 aromatic heterocycles. The van der Waals surface area contributed by atoms with Crippen LogP contribution in [-0.4, -0.2) is 59.4 Å². The molecular weight excluding hydrogens is 436 g/mol. The second-order valence-electron chi connectivity index (χ2n) is 9.01. The zero-order valence-electron chi connectivity index (χ0n) is 18.7. The van der Waals surface area contributed by atoms with Crippen LogP contribution in [0.2, 0.25) is 0 Å². The van der Waals surface area contributed by atoms with Gasteiger partial charge in [-0.15, -0.1) is 0 Å². The summed E-state index contributed by atoms with van der Waals surface area (Å²) < 4.78 is 23.4. The van der Waals surface area contributed by atoms with Crippen molar-refractivity contribution in [3.05, 3.63) is 64.4 Å². The van der Waals surface area contributed by atoms with Gasteiger partial charge in [-0.05, 0) is 80.5 Å². The molecule has 0 bridgehead atoms. The molecule has 1 aliphatic rings. The number of hydrogen-bond donors (Lipinski definition) is 2. The zero-order valence-corrected chi connectivity index (χ0v) is 19.5. The number of aromatic amines is 2. The van der Waals surface area contributed by atoms with Crippen molar-refractivity contribution in [3.8, 4) is 11.4 Å². The van der Waals surface area contributed by atoms with E-state index in [-0.39, 0.29) is 10.8 Å². The molecule has 0 amide bonds. The average molecular weight is 465 g/mol. The number of fused-ring (bicyclic) bond motifs is 2.